The second-order valence-electron chi connectivity index (χ2n) is 8.78. The number of benzene rings is 1. The van der Waals surface area contributed by atoms with Gasteiger partial charge in [0.05, 0.1) is 11.6 Å². The Morgan fingerprint density at radius 3 is 2.42 bits per heavy atom. The lowest BCUT2D eigenvalue weighted by Crippen LogP contribution is -2.62. The second kappa shape index (κ2) is 8.42. The molecule has 3 aliphatic heterocycles. The number of carbonyl (C=O) groups excluding carboxylic acids is 2. The molecule has 3 heterocycles. The summed E-state index contributed by atoms with van der Waals surface area (Å²) in [5.74, 6) is -1.49. The summed E-state index contributed by atoms with van der Waals surface area (Å²) in [6.07, 6.45) is -3.60. The smallest absolute Gasteiger partial charge is 0.416 e. The zero-order chi connectivity index (χ0) is 24.0. The molecule has 0 aliphatic carbocycles. The summed E-state index contributed by atoms with van der Waals surface area (Å²) >= 11 is 0. The van der Waals surface area contributed by atoms with Crippen LogP contribution in [0, 0.1) is 11.2 Å². The molecule has 1 aromatic rings. The molecule has 0 aromatic heterocycles. The normalized spacial score (nSPS) is 23.2. The minimum absolute atomic E-state index is 0.0522. The first-order chi connectivity index (χ1) is 15.4. The molecule has 8 nitrogen and oxygen atoms in total. The maximum atomic E-state index is 14.2. The Hall–Kier alpha value is -2.41. The topological polar surface area (TPSA) is 96.0 Å². The summed E-state index contributed by atoms with van der Waals surface area (Å²) in [7, 11) is -4.28. The monoisotopic (exact) mass is 493 g/mol. The van der Waals surface area contributed by atoms with Gasteiger partial charge >= 0.3 is 12.3 Å². The maximum Gasteiger partial charge on any atom is 0.416 e. The molecule has 1 N–H and O–H groups in total. The first-order valence-electron chi connectivity index (χ1n) is 10.5. The van der Waals surface area contributed by atoms with Crippen LogP contribution >= 0.6 is 0 Å². The molecule has 0 radical (unpaired) electrons. The van der Waals surface area contributed by atoms with Crippen LogP contribution < -0.4 is 5.32 Å². The summed E-state index contributed by atoms with van der Waals surface area (Å²) in [4.78, 5) is 24.3. The Balaban J connectivity index is 1.30. The van der Waals surface area contributed by atoms with Crippen molar-refractivity contribution in [1.29, 1.82) is 0 Å². The van der Waals surface area contributed by atoms with Gasteiger partial charge in [-0.05, 0) is 37.5 Å². The van der Waals surface area contributed by atoms with Crippen molar-refractivity contribution in [3.63, 3.8) is 0 Å². The Morgan fingerprint density at radius 1 is 1.21 bits per heavy atom. The van der Waals surface area contributed by atoms with Gasteiger partial charge in [0.25, 0.3) is 0 Å². The number of ether oxygens (including phenoxy) is 1. The van der Waals surface area contributed by atoms with E-state index in [1.165, 1.54) is 0 Å². The van der Waals surface area contributed by atoms with E-state index < -0.39 is 38.6 Å². The molecular formula is C20H23F4N3O5S. The highest BCUT2D eigenvalue weighted by molar-refractivity contribution is 7.89. The number of likely N-dealkylation sites (tertiary alicyclic amines) is 1. The standard InChI is InChI=1S/C20H23F4N3O5S/c21-15-9-13(20(22,23)24)1-3-16(15)33(30,31)27-7-5-19(6-8-27)11-26(12-19)17(28)4-2-14-10-32-18(29)25-14/h1,3,9,14H,2,4-8,10-12H2,(H,25,29)/t14-/m1/s1. The lowest BCUT2D eigenvalue weighted by molar-refractivity contribution is -0.146. The molecule has 182 valence electrons. The molecule has 1 spiro atoms. The van der Waals surface area contributed by atoms with E-state index in [1.54, 1.807) is 4.90 Å². The van der Waals surface area contributed by atoms with Crippen LogP contribution in [0.1, 0.15) is 31.2 Å². The third-order valence-electron chi connectivity index (χ3n) is 6.51. The van der Waals surface area contributed by atoms with Crippen LogP contribution in [-0.4, -0.2) is 68.5 Å². The number of piperidine rings is 1. The van der Waals surface area contributed by atoms with Gasteiger partial charge in [-0.25, -0.2) is 17.6 Å². The van der Waals surface area contributed by atoms with Crippen LogP contribution in [0.3, 0.4) is 0 Å². The number of carbonyl (C=O) groups is 2. The Labute approximate surface area is 187 Å². The predicted molar refractivity (Wildman–Crippen MR) is 106 cm³/mol. The molecule has 3 aliphatic rings. The minimum atomic E-state index is -4.77. The van der Waals surface area contributed by atoms with E-state index in [9.17, 15) is 35.6 Å². The molecule has 1 atom stereocenters. The largest absolute Gasteiger partial charge is 0.447 e. The van der Waals surface area contributed by atoms with Gasteiger partial charge in [0.1, 0.15) is 17.3 Å². The number of hydrogen-bond acceptors (Lipinski definition) is 5. The predicted octanol–water partition coefficient (Wildman–Crippen LogP) is 2.35. The zero-order valence-corrected chi connectivity index (χ0v) is 18.3. The summed E-state index contributed by atoms with van der Waals surface area (Å²) in [6.45, 7) is 1.40. The Bertz CT molecular complexity index is 1050. The molecule has 3 saturated heterocycles. The van der Waals surface area contributed by atoms with Crippen LogP contribution in [0.2, 0.25) is 0 Å². The number of rotatable bonds is 5. The average molecular weight is 493 g/mol. The minimum Gasteiger partial charge on any atom is -0.447 e. The zero-order valence-electron chi connectivity index (χ0n) is 17.5. The van der Waals surface area contributed by atoms with Gasteiger partial charge in [0.15, 0.2) is 0 Å². The van der Waals surface area contributed by atoms with Crippen molar-refractivity contribution in [3.8, 4) is 0 Å². The number of amides is 2. The first kappa shape index (κ1) is 23.7. The van der Waals surface area contributed by atoms with Gasteiger partial charge in [-0.1, -0.05) is 0 Å². The highest BCUT2D eigenvalue weighted by Gasteiger charge is 2.48. The number of halogens is 4. The summed E-state index contributed by atoms with van der Waals surface area (Å²) in [6, 6.07) is 1.21. The number of alkyl carbamates (subject to hydrolysis) is 1. The van der Waals surface area contributed by atoms with Crippen molar-refractivity contribution >= 4 is 22.0 Å². The number of alkyl halides is 3. The number of hydrogen-bond donors (Lipinski definition) is 1. The van der Waals surface area contributed by atoms with E-state index in [4.69, 9.17) is 4.74 Å². The number of cyclic esters (lactones) is 1. The molecule has 0 saturated carbocycles. The fourth-order valence-electron chi connectivity index (χ4n) is 4.52. The molecule has 1 aromatic carbocycles. The average Bonchev–Trinajstić information content (AvgIpc) is 3.14. The van der Waals surface area contributed by atoms with Crippen molar-refractivity contribution in [1.82, 2.24) is 14.5 Å². The van der Waals surface area contributed by atoms with Crippen molar-refractivity contribution in [2.24, 2.45) is 5.41 Å². The maximum absolute atomic E-state index is 14.2. The molecule has 3 fully saturated rings. The van der Waals surface area contributed by atoms with Gasteiger partial charge in [-0.15, -0.1) is 0 Å². The van der Waals surface area contributed by atoms with E-state index in [0.717, 1.165) is 4.31 Å². The number of nitrogens with one attached hydrogen (secondary N) is 1. The lowest BCUT2D eigenvalue weighted by atomic mass is 9.72. The van der Waals surface area contributed by atoms with E-state index in [1.807, 2.05) is 0 Å². The van der Waals surface area contributed by atoms with Gasteiger partial charge in [0, 0.05) is 38.0 Å². The van der Waals surface area contributed by atoms with Crippen LogP contribution in [0.15, 0.2) is 23.1 Å². The van der Waals surface area contributed by atoms with Crippen LogP contribution in [-0.2, 0) is 25.7 Å². The molecule has 2 amide bonds. The molecule has 0 bridgehead atoms. The first-order valence-corrected chi connectivity index (χ1v) is 11.9. The number of sulfonamides is 1. The molecular weight excluding hydrogens is 470 g/mol. The van der Waals surface area contributed by atoms with Crippen molar-refractivity contribution in [2.45, 2.75) is 42.8 Å². The van der Waals surface area contributed by atoms with E-state index in [-0.39, 0.29) is 49.5 Å². The van der Waals surface area contributed by atoms with Crippen LogP contribution in [0.5, 0.6) is 0 Å². The van der Waals surface area contributed by atoms with E-state index in [0.29, 0.717) is 44.5 Å². The quantitative estimate of drug-likeness (QED) is 0.636. The van der Waals surface area contributed by atoms with Crippen LogP contribution in [0.4, 0.5) is 22.4 Å². The summed E-state index contributed by atoms with van der Waals surface area (Å²) < 4.78 is 83.9. The highest BCUT2D eigenvalue weighted by Crippen LogP contribution is 2.42. The molecule has 13 heteroatoms. The van der Waals surface area contributed by atoms with Gasteiger partial charge < -0.3 is 15.0 Å². The number of nitrogens with zero attached hydrogens (tertiary/aromatic N) is 2. The highest BCUT2D eigenvalue weighted by atomic mass is 32.2. The third-order valence-corrected chi connectivity index (χ3v) is 8.44. The SMILES string of the molecule is O=C1N[C@H](CCC(=O)N2CC3(CCN(S(=O)(=O)c4ccc(C(F)(F)F)cc4F)CC3)C2)CO1. The van der Waals surface area contributed by atoms with E-state index in [2.05, 4.69) is 5.32 Å². The second-order valence-corrected chi connectivity index (χ2v) is 10.7. The molecule has 0 unspecified atom stereocenters. The lowest BCUT2D eigenvalue weighted by Gasteiger charge is -2.53. The summed E-state index contributed by atoms with van der Waals surface area (Å²) in [5.41, 5.74) is -1.47. The Kier molecular flexibility index (Phi) is 6.06. The van der Waals surface area contributed by atoms with Crippen molar-refractivity contribution in [2.75, 3.05) is 32.8 Å². The van der Waals surface area contributed by atoms with Crippen molar-refractivity contribution in [3.05, 3.63) is 29.6 Å². The molecule has 4 rings (SSSR count). The molecule has 33 heavy (non-hydrogen) atoms. The van der Waals surface area contributed by atoms with Crippen molar-refractivity contribution < 1.29 is 40.3 Å². The fourth-order valence-corrected chi connectivity index (χ4v) is 6.01. The Morgan fingerprint density at radius 2 is 1.88 bits per heavy atom. The van der Waals surface area contributed by atoms with Crippen LogP contribution in [0.25, 0.3) is 0 Å². The third kappa shape index (κ3) is 4.79. The van der Waals surface area contributed by atoms with Gasteiger partial charge in [-0.2, -0.15) is 17.5 Å². The van der Waals surface area contributed by atoms with Gasteiger partial charge in [-0.3, -0.25) is 4.79 Å². The summed E-state index contributed by atoms with van der Waals surface area (Å²) in [5, 5.41) is 2.61. The van der Waals surface area contributed by atoms with Gasteiger partial charge in [0.2, 0.25) is 15.9 Å². The van der Waals surface area contributed by atoms with E-state index >= 15 is 0 Å². The fraction of sp³-hybridized carbons (Fsp3) is 0.600.